The quantitative estimate of drug-likeness (QED) is 0.744. The average Bonchev–Trinajstić information content (AvgIpc) is 2.20. The van der Waals surface area contributed by atoms with Crippen LogP contribution in [-0.2, 0) is 9.53 Å². The number of aromatic nitrogens is 1. The fourth-order valence-corrected chi connectivity index (χ4v) is 0.693. The second-order valence-electron chi connectivity index (χ2n) is 2.44. The summed E-state index contributed by atoms with van der Waals surface area (Å²) in [5, 5.41) is 8.32. The Bertz CT molecular complexity index is 312. The summed E-state index contributed by atoms with van der Waals surface area (Å²) in [7, 11) is 0. The molecule has 1 aromatic rings. The fraction of sp³-hybridized carbons (Fsp3) is 0.300. The maximum absolute atomic E-state index is 10.1. The Morgan fingerprint density at radius 3 is 2.25 bits per heavy atom. The van der Waals surface area contributed by atoms with Gasteiger partial charge in [0.15, 0.2) is 0 Å². The molecule has 1 heterocycles. The van der Waals surface area contributed by atoms with Crippen LogP contribution in [0.15, 0.2) is 24.4 Å². The van der Waals surface area contributed by atoms with Gasteiger partial charge in [-0.15, -0.1) is 0 Å². The molecular weight excluding hydrogens is 214 g/mol. The number of hydrogen-bond acceptors (Lipinski definition) is 4. The predicted molar refractivity (Wildman–Crippen MR) is 57.1 cm³/mol. The minimum absolute atomic E-state index is 0. The highest BCUT2D eigenvalue weighted by molar-refractivity contribution is 5.85. The first-order valence-electron chi connectivity index (χ1n) is 4.35. The van der Waals surface area contributed by atoms with Crippen molar-refractivity contribution in [1.82, 2.24) is 4.98 Å². The topological polar surface area (TPSA) is 108 Å². The largest absolute Gasteiger partial charge is 0.477 e. The second kappa shape index (κ2) is 9.60. The van der Waals surface area contributed by atoms with Crippen LogP contribution >= 0.6 is 0 Å². The van der Waals surface area contributed by atoms with Crippen molar-refractivity contribution in [2.24, 2.45) is 0 Å². The number of esters is 1. The maximum atomic E-state index is 10.1. The number of pyridine rings is 1. The molecular formula is C10H15NO5. The van der Waals surface area contributed by atoms with E-state index in [0.717, 1.165) is 0 Å². The zero-order valence-corrected chi connectivity index (χ0v) is 9.14. The van der Waals surface area contributed by atoms with Crippen LogP contribution in [0.1, 0.15) is 24.3 Å². The Hall–Kier alpha value is -1.95. The highest BCUT2D eigenvalue weighted by Gasteiger charge is 1.98. The first-order valence-corrected chi connectivity index (χ1v) is 4.35. The van der Waals surface area contributed by atoms with Crippen molar-refractivity contribution in [2.45, 2.75) is 13.8 Å². The van der Waals surface area contributed by atoms with Crippen LogP contribution in [0.5, 0.6) is 0 Å². The minimum atomic E-state index is -0.990. The lowest BCUT2D eigenvalue weighted by molar-refractivity contribution is -0.140. The van der Waals surface area contributed by atoms with Crippen LogP contribution in [0.3, 0.4) is 0 Å². The van der Waals surface area contributed by atoms with Gasteiger partial charge in [0, 0.05) is 13.1 Å². The number of carbonyl (C=O) groups is 2. The monoisotopic (exact) mass is 229 g/mol. The lowest BCUT2D eigenvalue weighted by Crippen LogP contribution is -1.97. The SMILES string of the molecule is CCOC(C)=O.O.O=C(O)c1ccccn1. The number of carboxylic acid groups (broad SMARTS) is 1. The highest BCUT2D eigenvalue weighted by Crippen LogP contribution is 1.90. The molecule has 1 rings (SSSR count). The highest BCUT2D eigenvalue weighted by atomic mass is 16.5. The Kier molecular flexibility index (Phi) is 9.89. The standard InChI is InChI=1S/C6H5NO2.C4H8O2.H2O/c8-6(9)5-3-1-2-4-7-5;1-3-6-4(2)5;/h1-4H,(H,8,9);3H2,1-2H3;1H2. The molecule has 0 atom stereocenters. The van der Waals surface area contributed by atoms with Crippen molar-refractivity contribution in [3.8, 4) is 0 Å². The molecule has 16 heavy (non-hydrogen) atoms. The molecule has 6 nitrogen and oxygen atoms in total. The van der Waals surface area contributed by atoms with Gasteiger partial charge >= 0.3 is 11.9 Å². The number of hydrogen-bond donors (Lipinski definition) is 1. The van der Waals surface area contributed by atoms with Crippen molar-refractivity contribution in [2.75, 3.05) is 6.61 Å². The van der Waals surface area contributed by atoms with Gasteiger partial charge in [-0.2, -0.15) is 0 Å². The molecule has 0 fully saturated rings. The molecule has 0 radical (unpaired) electrons. The van der Waals surface area contributed by atoms with Gasteiger partial charge in [-0.25, -0.2) is 9.78 Å². The van der Waals surface area contributed by atoms with Crippen LogP contribution in [0.25, 0.3) is 0 Å². The molecule has 0 amide bonds. The molecule has 0 aliphatic rings. The number of rotatable bonds is 2. The van der Waals surface area contributed by atoms with E-state index in [9.17, 15) is 9.59 Å². The van der Waals surface area contributed by atoms with Crippen LogP contribution in [0, 0.1) is 0 Å². The number of nitrogens with zero attached hydrogens (tertiary/aromatic N) is 1. The number of carbonyl (C=O) groups excluding carboxylic acids is 1. The van der Waals surface area contributed by atoms with E-state index in [1.54, 1.807) is 19.1 Å². The van der Waals surface area contributed by atoms with Crippen molar-refractivity contribution in [3.63, 3.8) is 0 Å². The Morgan fingerprint density at radius 2 is 2.06 bits per heavy atom. The molecule has 90 valence electrons. The van der Waals surface area contributed by atoms with Crippen molar-refractivity contribution in [1.29, 1.82) is 0 Å². The Labute approximate surface area is 93.2 Å². The van der Waals surface area contributed by atoms with Crippen LogP contribution in [-0.4, -0.2) is 34.1 Å². The molecule has 0 saturated heterocycles. The summed E-state index contributed by atoms with van der Waals surface area (Å²) in [6.45, 7) is 3.65. The fourth-order valence-electron chi connectivity index (χ4n) is 0.693. The molecule has 0 aromatic carbocycles. The Balaban J connectivity index is 0. The lowest BCUT2D eigenvalue weighted by atomic mass is 10.4. The van der Waals surface area contributed by atoms with Crippen LogP contribution < -0.4 is 0 Å². The minimum Gasteiger partial charge on any atom is -0.477 e. The summed E-state index contributed by atoms with van der Waals surface area (Å²) in [6.07, 6.45) is 1.45. The smallest absolute Gasteiger partial charge is 0.354 e. The summed E-state index contributed by atoms with van der Waals surface area (Å²) in [6, 6.07) is 4.76. The molecule has 0 unspecified atom stereocenters. The first kappa shape index (κ1) is 16.5. The van der Waals surface area contributed by atoms with Crippen molar-refractivity contribution >= 4 is 11.9 Å². The molecule has 1 aromatic heterocycles. The molecule has 0 aliphatic heterocycles. The van der Waals surface area contributed by atoms with Gasteiger partial charge in [0.2, 0.25) is 0 Å². The van der Waals surface area contributed by atoms with E-state index in [1.165, 1.54) is 19.2 Å². The van der Waals surface area contributed by atoms with E-state index >= 15 is 0 Å². The maximum Gasteiger partial charge on any atom is 0.354 e. The van der Waals surface area contributed by atoms with Gasteiger partial charge in [-0.1, -0.05) is 6.07 Å². The van der Waals surface area contributed by atoms with Crippen LogP contribution in [0.2, 0.25) is 0 Å². The predicted octanol–water partition coefficient (Wildman–Crippen LogP) is 0.525. The molecule has 0 bridgehead atoms. The molecule has 0 spiro atoms. The van der Waals surface area contributed by atoms with Gasteiger partial charge in [0.1, 0.15) is 5.69 Å². The zero-order chi connectivity index (χ0) is 11.7. The summed E-state index contributed by atoms with van der Waals surface area (Å²) in [5.41, 5.74) is 0.0810. The zero-order valence-electron chi connectivity index (χ0n) is 9.14. The van der Waals surface area contributed by atoms with Gasteiger partial charge in [0.05, 0.1) is 6.61 Å². The molecule has 6 heteroatoms. The Morgan fingerprint density at radius 1 is 1.44 bits per heavy atom. The van der Waals surface area contributed by atoms with Gasteiger partial charge in [-0.3, -0.25) is 4.79 Å². The third kappa shape index (κ3) is 8.64. The van der Waals surface area contributed by atoms with Crippen molar-refractivity contribution < 1.29 is 24.9 Å². The number of carboxylic acids is 1. The molecule has 0 aliphatic carbocycles. The third-order valence-electron chi connectivity index (χ3n) is 1.23. The van der Waals surface area contributed by atoms with E-state index in [2.05, 4.69) is 9.72 Å². The number of aromatic carboxylic acids is 1. The van der Waals surface area contributed by atoms with E-state index < -0.39 is 5.97 Å². The molecule has 0 saturated carbocycles. The van der Waals surface area contributed by atoms with E-state index in [1.807, 2.05) is 0 Å². The summed E-state index contributed by atoms with van der Waals surface area (Å²) < 4.78 is 4.40. The second-order valence-corrected chi connectivity index (χ2v) is 2.44. The summed E-state index contributed by atoms with van der Waals surface area (Å²) >= 11 is 0. The van der Waals surface area contributed by atoms with Gasteiger partial charge in [-0.05, 0) is 19.1 Å². The summed E-state index contributed by atoms with van der Waals surface area (Å²) in [5.74, 6) is -1.20. The van der Waals surface area contributed by atoms with E-state index in [-0.39, 0.29) is 17.1 Å². The van der Waals surface area contributed by atoms with Crippen molar-refractivity contribution in [3.05, 3.63) is 30.1 Å². The third-order valence-corrected chi connectivity index (χ3v) is 1.23. The summed E-state index contributed by atoms with van der Waals surface area (Å²) in [4.78, 5) is 23.5. The van der Waals surface area contributed by atoms with Gasteiger partial charge in [0.25, 0.3) is 0 Å². The van der Waals surface area contributed by atoms with E-state index in [4.69, 9.17) is 5.11 Å². The lowest BCUT2D eigenvalue weighted by Gasteiger charge is -1.89. The first-order chi connectivity index (χ1) is 7.07. The average molecular weight is 229 g/mol. The van der Waals surface area contributed by atoms with Crippen LogP contribution in [0.4, 0.5) is 0 Å². The number of ether oxygens (including phenoxy) is 1. The normalized spacial score (nSPS) is 7.88. The van der Waals surface area contributed by atoms with E-state index in [0.29, 0.717) is 6.61 Å². The van der Waals surface area contributed by atoms with Gasteiger partial charge < -0.3 is 15.3 Å². The molecule has 3 N–H and O–H groups in total.